The monoisotopic (exact) mass is 211 g/mol. The van der Waals surface area contributed by atoms with Crippen molar-refractivity contribution in [3.63, 3.8) is 0 Å². The second kappa shape index (κ2) is 5.28. The molecule has 1 unspecified atom stereocenters. The van der Waals surface area contributed by atoms with Gasteiger partial charge in [0, 0.05) is 39.3 Å². The maximum absolute atomic E-state index is 2.66. The van der Waals surface area contributed by atoms with Gasteiger partial charge >= 0.3 is 0 Å². The van der Waals surface area contributed by atoms with Crippen LogP contribution in [0.25, 0.3) is 0 Å². The summed E-state index contributed by atoms with van der Waals surface area (Å²) < 4.78 is 0. The lowest BCUT2D eigenvalue weighted by Crippen LogP contribution is -2.48. The molecule has 0 saturated carbocycles. The second-order valence-corrected chi connectivity index (χ2v) is 5.37. The number of piperidine rings is 1. The number of piperazine rings is 1. The fourth-order valence-corrected chi connectivity index (χ4v) is 2.82. The van der Waals surface area contributed by atoms with Gasteiger partial charge in [-0.2, -0.15) is 0 Å². The lowest BCUT2D eigenvalue weighted by Gasteiger charge is -2.37. The lowest BCUT2D eigenvalue weighted by atomic mass is 9.97. The molecule has 0 aromatic rings. The molecule has 2 aliphatic rings. The summed E-state index contributed by atoms with van der Waals surface area (Å²) in [5, 5.41) is 0. The summed E-state index contributed by atoms with van der Waals surface area (Å²) in [5.74, 6) is 0.923. The number of hydrogen-bond acceptors (Lipinski definition) is 3. The molecule has 88 valence electrons. The van der Waals surface area contributed by atoms with Crippen molar-refractivity contribution in [1.82, 2.24) is 14.7 Å². The molecule has 0 aromatic heterocycles. The largest absolute Gasteiger partial charge is 0.306 e. The lowest BCUT2D eigenvalue weighted by molar-refractivity contribution is 0.108. The molecule has 2 heterocycles. The molecule has 2 rings (SSSR count). The maximum Gasteiger partial charge on any atom is 0.0110 e. The third-order valence-electron chi connectivity index (χ3n) is 3.83. The highest BCUT2D eigenvalue weighted by Crippen LogP contribution is 2.16. The molecule has 0 spiro atoms. The topological polar surface area (TPSA) is 9.72 Å². The minimum Gasteiger partial charge on any atom is -0.306 e. The Morgan fingerprint density at radius 2 is 1.67 bits per heavy atom. The van der Waals surface area contributed by atoms with Crippen molar-refractivity contribution in [3.05, 3.63) is 0 Å². The molecule has 0 bridgehead atoms. The van der Waals surface area contributed by atoms with Gasteiger partial charge in [0.1, 0.15) is 0 Å². The average Bonchev–Trinajstić information content (AvgIpc) is 2.22. The predicted molar refractivity (Wildman–Crippen MR) is 64.2 cm³/mol. The van der Waals surface area contributed by atoms with Crippen LogP contribution in [0.2, 0.25) is 0 Å². The molecule has 0 amide bonds. The zero-order valence-corrected chi connectivity index (χ0v) is 10.3. The highest BCUT2D eigenvalue weighted by Gasteiger charge is 2.21. The van der Waals surface area contributed by atoms with Crippen LogP contribution in [-0.2, 0) is 0 Å². The predicted octanol–water partition coefficient (Wildman–Crippen LogP) is 0.576. The standard InChI is InChI=1S/C12H25N3/c1-13-6-8-15(9-7-13)11-12-4-3-5-14(2)10-12/h12H,3-11H2,1-2H3. The number of hydrogen-bond donors (Lipinski definition) is 0. The first-order valence-electron chi connectivity index (χ1n) is 6.33. The molecule has 0 aromatic carbocycles. The first-order chi connectivity index (χ1) is 7.24. The van der Waals surface area contributed by atoms with E-state index < -0.39 is 0 Å². The average molecular weight is 211 g/mol. The first kappa shape index (κ1) is 11.4. The van der Waals surface area contributed by atoms with E-state index in [2.05, 4.69) is 28.8 Å². The van der Waals surface area contributed by atoms with Crippen LogP contribution < -0.4 is 0 Å². The van der Waals surface area contributed by atoms with Gasteiger partial charge in [-0.15, -0.1) is 0 Å². The van der Waals surface area contributed by atoms with Gasteiger partial charge in [0.15, 0.2) is 0 Å². The summed E-state index contributed by atoms with van der Waals surface area (Å²) in [4.78, 5) is 7.58. The molecule has 0 N–H and O–H groups in total. The van der Waals surface area contributed by atoms with E-state index in [1.165, 1.54) is 58.7 Å². The molecule has 1 atom stereocenters. The zero-order chi connectivity index (χ0) is 10.7. The Bertz CT molecular complexity index is 187. The molecule has 3 heteroatoms. The van der Waals surface area contributed by atoms with Gasteiger partial charge in [0.2, 0.25) is 0 Å². The Hall–Kier alpha value is -0.120. The summed E-state index contributed by atoms with van der Waals surface area (Å²) in [5.41, 5.74) is 0. The molecule has 2 saturated heterocycles. The van der Waals surface area contributed by atoms with Gasteiger partial charge in [-0.05, 0) is 39.4 Å². The van der Waals surface area contributed by atoms with E-state index in [-0.39, 0.29) is 0 Å². The molecule has 15 heavy (non-hydrogen) atoms. The van der Waals surface area contributed by atoms with Crippen molar-refractivity contribution in [1.29, 1.82) is 0 Å². The molecule has 3 nitrogen and oxygen atoms in total. The number of likely N-dealkylation sites (N-methyl/N-ethyl adjacent to an activating group) is 1. The molecular formula is C12H25N3. The molecule has 0 radical (unpaired) electrons. The maximum atomic E-state index is 2.66. The second-order valence-electron chi connectivity index (χ2n) is 5.37. The van der Waals surface area contributed by atoms with Gasteiger partial charge in [0.05, 0.1) is 0 Å². The zero-order valence-electron chi connectivity index (χ0n) is 10.3. The Kier molecular flexibility index (Phi) is 4.00. The Balaban J connectivity index is 1.71. The van der Waals surface area contributed by atoms with E-state index in [0.717, 1.165) is 5.92 Å². The van der Waals surface area contributed by atoms with Crippen molar-refractivity contribution in [2.24, 2.45) is 5.92 Å². The summed E-state index contributed by atoms with van der Waals surface area (Å²) >= 11 is 0. The van der Waals surface area contributed by atoms with Gasteiger partial charge in [-0.1, -0.05) is 0 Å². The van der Waals surface area contributed by atoms with Crippen LogP contribution in [0.4, 0.5) is 0 Å². The smallest absolute Gasteiger partial charge is 0.0110 e. The van der Waals surface area contributed by atoms with Crippen LogP contribution in [0.3, 0.4) is 0 Å². The van der Waals surface area contributed by atoms with Crippen molar-refractivity contribution in [2.75, 3.05) is 59.9 Å². The van der Waals surface area contributed by atoms with Crippen molar-refractivity contribution in [3.8, 4) is 0 Å². The fourth-order valence-electron chi connectivity index (χ4n) is 2.82. The van der Waals surface area contributed by atoms with Crippen molar-refractivity contribution < 1.29 is 0 Å². The Morgan fingerprint density at radius 1 is 0.933 bits per heavy atom. The summed E-state index contributed by atoms with van der Waals surface area (Å²) in [7, 11) is 4.49. The Labute approximate surface area is 94.0 Å². The summed E-state index contributed by atoms with van der Waals surface area (Å²) in [6, 6.07) is 0. The summed E-state index contributed by atoms with van der Waals surface area (Å²) in [6.07, 6.45) is 2.84. The van der Waals surface area contributed by atoms with Crippen LogP contribution in [0.5, 0.6) is 0 Å². The highest BCUT2D eigenvalue weighted by molar-refractivity contribution is 4.77. The number of rotatable bonds is 2. The van der Waals surface area contributed by atoms with Crippen LogP contribution in [0.1, 0.15) is 12.8 Å². The quantitative estimate of drug-likeness (QED) is 0.661. The highest BCUT2D eigenvalue weighted by atomic mass is 15.2. The van der Waals surface area contributed by atoms with Crippen LogP contribution in [0, 0.1) is 5.92 Å². The van der Waals surface area contributed by atoms with E-state index in [9.17, 15) is 0 Å². The third kappa shape index (κ3) is 3.44. The van der Waals surface area contributed by atoms with Crippen LogP contribution in [0.15, 0.2) is 0 Å². The van der Waals surface area contributed by atoms with E-state index >= 15 is 0 Å². The van der Waals surface area contributed by atoms with Gasteiger partial charge in [0.25, 0.3) is 0 Å². The minimum atomic E-state index is 0.923. The van der Waals surface area contributed by atoms with Crippen LogP contribution in [-0.4, -0.2) is 74.6 Å². The molecule has 2 fully saturated rings. The van der Waals surface area contributed by atoms with E-state index in [1.807, 2.05) is 0 Å². The number of likely N-dealkylation sites (tertiary alicyclic amines) is 1. The van der Waals surface area contributed by atoms with E-state index in [1.54, 1.807) is 0 Å². The van der Waals surface area contributed by atoms with E-state index in [4.69, 9.17) is 0 Å². The summed E-state index contributed by atoms with van der Waals surface area (Å²) in [6.45, 7) is 9.00. The first-order valence-corrected chi connectivity index (χ1v) is 6.33. The molecule has 2 aliphatic heterocycles. The number of nitrogens with zero attached hydrogens (tertiary/aromatic N) is 3. The SMILES string of the molecule is CN1CCN(CC2CCCN(C)C2)CC1. The van der Waals surface area contributed by atoms with Crippen LogP contribution >= 0.6 is 0 Å². The van der Waals surface area contributed by atoms with Gasteiger partial charge < -0.3 is 14.7 Å². The fraction of sp³-hybridized carbons (Fsp3) is 1.00. The molecule has 0 aliphatic carbocycles. The normalized spacial score (nSPS) is 32.0. The van der Waals surface area contributed by atoms with Gasteiger partial charge in [-0.25, -0.2) is 0 Å². The minimum absolute atomic E-state index is 0.923. The Morgan fingerprint density at radius 3 is 2.33 bits per heavy atom. The third-order valence-corrected chi connectivity index (χ3v) is 3.83. The van der Waals surface area contributed by atoms with Gasteiger partial charge in [-0.3, -0.25) is 0 Å². The molecular weight excluding hydrogens is 186 g/mol. The van der Waals surface area contributed by atoms with E-state index in [0.29, 0.717) is 0 Å². The van der Waals surface area contributed by atoms with Crippen molar-refractivity contribution >= 4 is 0 Å². The van der Waals surface area contributed by atoms with Crippen molar-refractivity contribution in [2.45, 2.75) is 12.8 Å².